The fourth-order valence-electron chi connectivity index (χ4n) is 2.83. The fraction of sp³-hybridized carbons (Fsp3) is 0.400. The second-order valence-electron chi connectivity index (χ2n) is 5.26. The van der Waals surface area contributed by atoms with Gasteiger partial charge in [0, 0.05) is 23.0 Å². The fourth-order valence-corrected chi connectivity index (χ4v) is 3.19. The number of nitrogen functional groups attached to an aromatic ring is 1. The van der Waals surface area contributed by atoms with E-state index in [4.69, 9.17) is 10.5 Å². The lowest BCUT2D eigenvalue weighted by atomic mass is 10.1. The van der Waals surface area contributed by atoms with Crippen molar-refractivity contribution < 1.29 is 4.74 Å². The lowest BCUT2D eigenvalue weighted by Gasteiger charge is -2.18. The summed E-state index contributed by atoms with van der Waals surface area (Å²) in [5.74, 6) is 0. The molecule has 0 aliphatic heterocycles. The zero-order chi connectivity index (χ0) is 14.1. The van der Waals surface area contributed by atoms with Gasteiger partial charge in [0.2, 0.25) is 0 Å². The van der Waals surface area contributed by atoms with Gasteiger partial charge in [0.05, 0.1) is 29.2 Å². The molecule has 5 heteroatoms. The zero-order valence-corrected chi connectivity index (χ0v) is 13.0. The predicted molar refractivity (Wildman–Crippen MR) is 85.9 cm³/mol. The van der Waals surface area contributed by atoms with Crippen LogP contribution in [0.1, 0.15) is 19.3 Å². The molecule has 3 rings (SSSR count). The molecule has 1 aromatic carbocycles. The summed E-state index contributed by atoms with van der Waals surface area (Å²) in [6, 6.07) is 6.46. The summed E-state index contributed by atoms with van der Waals surface area (Å²) in [5.41, 5.74) is 8.74. The Kier molecular flexibility index (Phi) is 3.81. The molecular formula is C15H18BrN3O. The van der Waals surface area contributed by atoms with Crippen molar-refractivity contribution in [2.45, 2.75) is 31.4 Å². The van der Waals surface area contributed by atoms with Gasteiger partial charge < -0.3 is 15.8 Å². The lowest BCUT2D eigenvalue weighted by Crippen LogP contribution is -2.18. The number of pyridine rings is 1. The largest absolute Gasteiger partial charge is 0.396 e. The number of methoxy groups -OCH3 is 1. The lowest BCUT2D eigenvalue weighted by molar-refractivity contribution is 0.108. The van der Waals surface area contributed by atoms with Gasteiger partial charge in [-0.05, 0) is 37.5 Å². The van der Waals surface area contributed by atoms with Gasteiger partial charge in [-0.3, -0.25) is 4.98 Å². The highest BCUT2D eigenvalue weighted by Crippen LogP contribution is 2.33. The molecule has 0 bridgehead atoms. The third kappa shape index (κ3) is 2.60. The van der Waals surface area contributed by atoms with Gasteiger partial charge >= 0.3 is 0 Å². The second kappa shape index (κ2) is 5.58. The van der Waals surface area contributed by atoms with E-state index in [1.165, 1.54) is 0 Å². The molecule has 1 aliphatic carbocycles. The number of fused-ring (bicyclic) bond motifs is 1. The molecule has 1 heterocycles. The standard InChI is InChI=1S/C15H18BrN3O/c1-20-11-4-3-10(7-11)19-15-12-6-9(16)2-5-14(12)18-8-13(15)17/h2,5-6,8,10-11H,3-4,7,17H2,1H3,(H,18,19). The number of hydrogen-bond donors (Lipinski definition) is 2. The van der Waals surface area contributed by atoms with E-state index in [9.17, 15) is 0 Å². The summed E-state index contributed by atoms with van der Waals surface area (Å²) in [7, 11) is 1.78. The molecule has 1 aromatic heterocycles. The average molecular weight is 336 g/mol. The van der Waals surface area contributed by atoms with Gasteiger partial charge in [-0.2, -0.15) is 0 Å². The van der Waals surface area contributed by atoms with Crippen LogP contribution in [0, 0.1) is 0 Å². The number of nitrogens with zero attached hydrogens (tertiary/aromatic N) is 1. The highest BCUT2D eigenvalue weighted by molar-refractivity contribution is 9.10. The SMILES string of the molecule is COC1CCC(Nc2c(N)cnc3ccc(Br)cc23)C1. The van der Waals surface area contributed by atoms with Crippen molar-refractivity contribution in [3.63, 3.8) is 0 Å². The van der Waals surface area contributed by atoms with Crippen LogP contribution >= 0.6 is 15.9 Å². The average Bonchev–Trinajstić information content (AvgIpc) is 2.90. The summed E-state index contributed by atoms with van der Waals surface area (Å²) in [6.07, 6.45) is 5.31. The number of anilines is 2. The Morgan fingerprint density at radius 1 is 1.40 bits per heavy atom. The number of ether oxygens (including phenoxy) is 1. The summed E-state index contributed by atoms with van der Waals surface area (Å²) in [5, 5.41) is 4.63. The van der Waals surface area contributed by atoms with Crippen LogP contribution in [0.25, 0.3) is 10.9 Å². The molecule has 2 atom stereocenters. The minimum Gasteiger partial charge on any atom is -0.396 e. The molecule has 106 valence electrons. The van der Waals surface area contributed by atoms with Crippen LogP contribution in [-0.4, -0.2) is 24.2 Å². The number of nitrogens with two attached hydrogens (primary N) is 1. The summed E-state index contributed by atoms with van der Waals surface area (Å²) >= 11 is 3.51. The van der Waals surface area contributed by atoms with E-state index in [2.05, 4.69) is 32.3 Å². The highest BCUT2D eigenvalue weighted by atomic mass is 79.9. The molecular weight excluding hydrogens is 318 g/mol. The molecule has 20 heavy (non-hydrogen) atoms. The Balaban J connectivity index is 1.94. The Labute approximate surface area is 126 Å². The minimum absolute atomic E-state index is 0.355. The van der Waals surface area contributed by atoms with Crippen LogP contribution in [0.3, 0.4) is 0 Å². The molecule has 0 saturated heterocycles. The maximum Gasteiger partial charge on any atom is 0.0743 e. The molecule has 0 spiro atoms. The first-order valence-electron chi connectivity index (χ1n) is 6.80. The van der Waals surface area contributed by atoms with Crippen molar-refractivity contribution in [3.8, 4) is 0 Å². The highest BCUT2D eigenvalue weighted by Gasteiger charge is 2.25. The minimum atomic E-state index is 0.355. The molecule has 2 unspecified atom stereocenters. The van der Waals surface area contributed by atoms with Crippen molar-refractivity contribution in [2.24, 2.45) is 0 Å². The Morgan fingerprint density at radius 3 is 3.00 bits per heavy atom. The number of rotatable bonds is 3. The molecule has 0 radical (unpaired) electrons. The molecule has 3 N–H and O–H groups in total. The van der Waals surface area contributed by atoms with Crippen molar-refractivity contribution >= 4 is 38.2 Å². The van der Waals surface area contributed by atoms with Crippen LogP contribution in [0.4, 0.5) is 11.4 Å². The van der Waals surface area contributed by atoms with Gasteiger partial charge in [0.25, 0.3) is 0 Å². The molecule has 4 nitrogen and oxygen atoms in total. The number of hydrogen-bond acceptors (Lipinski definition) is 4. The van der Waals surface area contributed by atoms with E-state index >= 15 is 0 Å². The van der Waals surface area contributed by atoms with E-state index in [0.717, 1.165) is 40.3 Å². The van der Waals surface area contributed by atoms with Crippen LogP contribution in [0.2, 0.25) is 0 Å². The quantitative estimate of drug-likeness (QED) is 0.900. The monoisotopic (exact) mass is 335 g/mol. The smallest absolute Gasteiger partial charge is 0.0743 e. The Bertz CT molecular complexity index is 627. The molecule has 1 fully saturated rings. The van der Waals surface area contributed by atoms with Gasteiger partial charge in [-0.25, -0.2) is 0 Å². The normalized spacial score (nSPS) is 22.3. The van der Waals surface area contributed by atoms with Crippen molar-refractivity contribution in [1.82, 2.24) is 4.98 Å². The zero-order valence-electron chi connectivity index (χ0n) is 11.4. The first-order valence-corrected chi connectivity index (χ1v) is 7.59. The molecule has 2 aromatic rings. The second-order valence-corrected chi connectivity index (χ2v) is 6.18. The van der Waals surface area contributed by atoms with Gasteiger partial charge in [-0.1, -0.05) is 15.9 Å². The number of benzene rings is 1. The number of aromatic nitrogens is 1. The van der Waals surface area contributed by atoms with Crippen molar-refractivity contribution in [1.29, 1.82) is 0 Å². The van der Waals surface area contributed by atoms with E-state index < -0.39 is 0 Å². The van der Waals surface area contributed by atoms with E-state index in [1.54, 1.807) is 13.3 Å². The first kappa shape index (κ1) is 13.6. The van der Waals surface area contributed by atoms with Gasteiger partial charge in [0.15, 0.2) is 0 Å². The van der Waals surface area contributed by atoms with Crippen molar-refractivity contribution in [3.05, 3.63) is 28.9 Å². The molecule has 1 aliphatic rings. The topological polar surface area (TPSA) is 60.2 Å². The summed E-state index contributed by atoms with van der Waals surface area (Å²) in [6.45, 7) is 0. The maximum atomic E-state index is 6.11. The van der Waals surface area contributed by atoms with E-state index in [0.29, 0.717) is 17.8 Å². The van der Waals surface area contributed by atoms with Crippen LogP contribution in [0.5, 0.6) is 0 Å². The van der Waals surface area contributed by atoms with E-state index in [1.807, 2.05) is 12.1 Å². The Hall–Kier alpha value is -1.33. The van der Waals surface area contributed by atoms with Crippen LogP contribution in [0.15, 0.2) is 28.9 Å². The summed E-state index contributed by atoms with van der Waals surface area (Å²) < 4.78 is 6.45. The first-order chi connectivity index (χ1) is 9.67. The summed E-state index contributed by atoms with van der Waals surface area (Å²) in [4.78, 5) is 4.38. The number of halogens is 1. The molecule has 1 saturated carbocycles. The van der Waals surface area contributed by atoms with Crippen LogP contribution < -0.4 is 11.1 Å². The molecule has 0 amide bonds. The van der Waals surface area contributed by atoms with Crippen molar-refractivity contribution in [2.75, 3.05) is 18.2 Å². The third-order valence-corrected chi connectivity index (χ3v) is 4.42. The predicted octanol–water partition coefficient (Wildman–Crippen LogP) is 3.56. The maximum absolute atomic E-state index is 6.11. The van der Waals surface area contributed by atoms with Gasteiger partial charge in [0.1, 0.15) is 0 Å². The number of nitrogens with one attached hydrogen (secondary N) is 1. The van der Waals surface area contributed by atoms with E-state index in [-0.39, 0.29) is 0 Å². The Morgan fingerprint density at radius 2 is 2.25 bits per heavy atom. The third-order valence-electron chi connectivity index (χ3n) is 3.93. The van der Waals surface area contributed by atoms with Gasteiger partial charge in [-0.15, -0.1) is 0 Å². The van der Waals surface area contributed by atoms with Crippen LogP contribution in [-0.2, 0) is 4.74 Å².